The van der Waals surface area contributed by atoms with E-state index in [-0.39, 0.29) is 11.7 Å². The smallest absolute Gasteiger partial charge is 0.230 e. The molecule has 0 spiro atoms. The maximum absolute atomic E-state index is 12.6. The third kappa shape index (κ3) is 5.86. The van der Waals surface area contributed by atoms with Crippen LogP contribution in [0, 0.1) is 5.41 Å². The molecule has 0 aromatic rings. The van der Waals surface area contributed by atoms with Crippen LogP contribution in [0.2, 0.25) is 0 Å². The summed E-state index contributed by atoms with van der Waals surface area (Å²) >= 11 is 0. The van der Waals surface area contributed by atoms with E-state index < -0.39 is 20.0 Å². The van der Waals surface area contributed by atoms with Crippen LogP contribution in [0.25, 0.3) is 0 Å². The number of sulfone groups is 1. The molecule has 1 saturated carbocycles. The molecule has 0 unspecified atom stereocenters. The molecule has 7 nitrogen and oxygen atoms in total. The van der Waals surface area contributed by atoms with Crippen molar-refractivity contribution in [2.24, 2.45) is 10.4 Å². The number of guanidine groups is 1. The Morgan fingerprint density at radius 1 is 1.15 bits per heavy atom. The van der Waals surface area contributed by atoms with Crippen LogP contribution in [0.5, 0.6) is 0 Å². The topological polar surface area (TPSA) is 90.9 Å². The highest BCUT2D eigenvalue weighted by Crippen LogP contribution is 2.39. The summed E-state index contributed by atoms with van der Waals surface area (Å²) in [6.07, 6.45) is 3.79. The third-order valence-electron chi connectivity index (χ3n) is 4.90. The van der Waals surface area contributed by atoms with Crippen LogP contribution in [0.4, 0.5) is 0 Å². The fourth-order valence-electron chi connectivity index (χ4n) is 3.15. The van der Waals surface area contributed by atoms with Crippen molar-refractivity contribution in [1.82, 2.24) is 15.5 Å². The minimum absolute atomic E-state index is 0.0443. The van der Waals surface area contributed by atoms with Gasteiger partial charge >= 0.3 is 0 Å². The number of nitrogens with zero attached hydrogens (tertiary/aromatic N) is 2. The van der Waals surface area contributed by atoms with Gasteiger partial charge in [0, 0.05) is 27.2 Å². The Labute approximate surface area is 158 Å². The molecule has 26 heavy (non-hydrogen) atoms. The molecule has 8 heteroatoms. The van der Waals surface area contributed by atoms with Gasteiger partial charge < -0.3 is 15.5 Å². The first kappa shape index (κ1) is 22.7. The molecule has 0 aliphatic heterocycles. The Morgan fingerprint density at radius 2 is 1.73 bits per heavy atom. The fourth-order valence-corrected chi connectivity index (χ4v) is 4.13. The Hall–Kier alpha value is -1.31. The Bertz CT molecular complexity index is 600. The molecule has 152 valence electrons. The van der Waals surface area contributed by atoms with Gasteiger partial charge in [0.2, 0.25) is 5.91 Å². The molecule has 1 rings (SSSR count). The number of hydrogen-bond donors (Lipinski definition) is 2. The van der Waals surface area contributed by atoms with E-state index in [0.717, 1.165) is 25.7 Å². The number of aliphatic imine (C=N–C) groups is 1. The maximum Gasteiger partial charge on any atom is 0.230 e. The van der Waals surface area contributed by atoms with Crippen molar-refractivity contribution < 1.29 is 13.2 Å². The van der Waals surface area contributed by atoms with Crippen LogP contribution in [0.3, 0.4) is 0 Å². The van der Waals surface area contributed by atoms with Gasteiger partial charge in [0.15, 0.2) is 15.8 Å². The molecule has 2 N–H and O–H groups in total. The van der Waals surface area contributed by atoms with Crippen LogP contribution in [-0.2, 0) is 14.6 Å². The largest absolute Gasteiger partial charge is 0.357 e. The second-order valence-corrected chi connectivity index (χ2v) is 11.1. The fraction of sp³-hybridized carbons (Fsp3) is 0.889. The van der Waals surface area contributed by atoms with Gasteiger partial charge in [0.1, 0.15) is 0 Å². The Balaban J connectivity index is 2.78. The quantitative estimate of drug-likeness (QED) is 0.508. The number of nitrogens with one attached hydrogen (secondary N) is 2. The molecule has 0 radical (unpaired) electrons. The minimum Gasteiger partial charge on any atom is -0.357 e. The zero-order chi connectivity index (χ0) is 20.0. The Morgan fingerprint density at radius 3 is 2.19 bits per heavy atom. The Kier molecular flexibility index (Phi) is 7.92. The first-order valence-electron chi connectivity index (χ1n) is 9.41. The normalized spacial score (nSPS) is 17.8. The van der Waals surface area contributed by atoms with Crippen molar-refractivity contribution in [3.8, 4) is 0 Å². The zero-order valence-corrected chi connectivity index (χ0v) is 18.0. The summed E-state index contributed by atoms with van der Waals surface area (Å²) in [7, 11) is 0.388. The second kappa shape index (κ2) is 9.06. The van der Waals surface area contributed by atoms with Gasteiger partial charge in [-0.3, -0.25) is 9.79 Å². The van der Waals surface area contributed by atoms with Crippen LogP contribution < -0.4 is 10.6 Å². The number of amides is 1. The average Bonchev–Trinajstić information content (AvgIpc) is 3.00. The highest BCUT2D eigenvalue weighted by molar-refractivity contribution is 7.92. The van der Waals surface area contributed by atoms with E-state index in [0.29, 0.717) is 25.6 Å². The summed E-state index contributed by atoms with van der Waals surface area (Å²) in [6.45, 7) is 8.46. The SMILES string of the molecule is CCNC(=NCC1(C(=O)N(C)C)CCCC1)NCCS(=O)(=O)C(C)(C)C. The molecule has 1 fully saturated rings. The van der Waals surface area contributed by atoms with E-state index >= 15 is 0 Å². The van der Waals surface area contributed by atoms with E-state index in [2.05, 4.69) is 15.6 Å². The van der Waals surface area contributed by atoms with E-state index in [9.17, 15) is 13.2 Å². The lowest BCUT2D eigenvalue weighted by Crippen LogP contribution is -2.44. The van der Waals surface area contributed by atoms with E-state index in [1.165, 1.54) is 0 Å². The lowest BCUT2D eigenvalue weighted by atomic mass is 9.85. The molecule has 1 amide bonds. The molecule has 0 aromatic heterocycles. The predicted octanol–water partition coefficient (Wildman–Crippen LogP) is 1.40. The van der Waals surface area contributed by atoms with Gasteiger partial charge in [-0.1, -0.05) is 12.8 Å². The van der Waals surface area contributed by atoms with Crippen LogP contribution >= 0.6 is 0 Å². The number of hydrogen-bond acceptors (Lipinski definition) is 4. The maximum atomic E-state index is 12.6. The van der Waals surface area contributed by atoms with Crippen molar-refractivity contribution in [3.05, 3.63) is 0 Å². The first-order valence-corrected chi connectivity index (χ1v) is 11.1. The van der Waals surface area contributed by atoms with Crippen molar-refractivity contribution in [1.29, 1.82) is 0 Å². The molecule has 0 atom stereocenters. The summed E-state index contributed by atoms with van der Waals surface area (Å²) in [6, 6.07) is 0. The predicted molar refractivity (Wildman–Crippen MR) is 107 cm³/mol. The highest BCUT2D eigenvalue weighted by Gasteiger charge is 2.42. The average molecular weight is 389 g/mol. The van der Waals surface area contributed by atoms with E-state index in [1.54, 1.807) is 39.8 Å². The number of carbonyl (C=O) groups excluding carboxylic acids is 1. The standard InChI is InChI=1S/C18H36N4O3S/c1-7-19-16(20-12-13-26(24,25)17(2,3)4)21-14-18(10-8-9-11-18)15(23)22(5)6/h7-14H2,1-6H3,(H2,19,20,21). The molecule has 1 aliphatic rings. The van der Waals surface area contributed by atoms with Gasteiger partial charge in [-0.2, -0.15) is 0 Å². The number of carbonyl (C=O) groups is 1. The summed E-state index contributed by atoms with van der Waals surface area (Å²) < 4.78 is 23.7. The van der Waals surface area contributed by atoms with Gasteiger partial charge in [-0.05, 0) is 40.5 Å². The lowest BCUT2D eigenvalue weighted by Gasteiger charge is -2.29. The molecule has 0 heterocycles. The number of rotatable bonds is 7. The van der Waals surface area contributed by atoms with Crippen LogP contribution in [0.15, 0.2) is 4.99 Å². The highest BCUT2D eigenvalue weighted by atomic mass is 32.2. The van der Waals surface area contributed by atoms with Gasteiger partial charge in [0.05, 0.1) is 22.5 Å². The summed E-state index contributed by atoms with van der Waals surface area (Å²) in [5.74, 6) is 0.738. The van der Waals surface area contributed by atoms with Crippen molar-refractivity contribution in [2.45, 2.75) is 58.1 Å². The molecule has 1 aliphatic carbocycles. The van der Waals surface area contributed by atoms with Gasteiger partial charge in [-0.25, -0.2) is 8.42 Å². The third-order valence-corrected chi connectivity index (χ3v) is 7.51. The monoisotopic (exact) mass is 388 g/mol. The minimum atomic E-state index is -3.18. The van der Waals surface area contributed by atoms with Crippen LogP contribution in [0.1, 0.15) is 53.4 Å². The molecular formula is C18H36N4O3S. The molecule has 0 bridgehead atoms. The second-order valence-electron chi connectivity index (χ2n) is 8.24. The van der Waals surface area contributed by atoms with E-state index in [4.69, 9.17) is 0 Å². The van der Waals surface area contributed by atoms with Crippen molar-refractivity contribution in [3.63, 3.8) is 0 Å². The van der Waals surface area contributed by atoms with Gasteiger partial charge in [-0.15, -0.1) is 0 Å². The molecule has 0 aromatic carbocycles. The molecular weight excluding hydrogens is 352 g/mol. The summed E-state index contributed by atoms with van der Waals surface area (Å²) in [4.78, 5) is 18.9. The summed E-state index contributed by atoms with van der Waals surface area (Å²) in [5, 5.41) is 6.23. The zero-order valence-electron chi connectivity index (χ0n) is 17.2. The lowest BCUT2D eigenvalue weighted by molar-refractivity contribution is -0.138. The molecule has 0 saturated heterocycles. The first-order chi connectivity index (χ1) is 12.0. The summed E-state index contributed by atoms with van der Waals surface area (Å²) in [5.41, 5.74) is -0.427. The van der Waals surface area contributed by atoms with Crippen molar-refractivity contribution >= 4 is 21.7 Å². The van der Waals surface area contributed by atoms with Crippen molar-refractivity contribution in [2.75, 3.05) is 39.5 Å². The van der Waals surface area contributed by atoms with Crippen LogP contribution in [-0.4, -0.2) is 69.4 Å². The van der Waals surface area contributed by atoms with Gasteiger partial charge in [0.25, 0.3) is 0 Å². The van der Waals surface area contributed by atoms with E-state index in [1.807, 2.05) is 6.92 Å².